The van der Waals surface area contributed by atoms with E-state index in [0.29, 0.717) is 15.2 Å². The molecule has 0 aliphatic rings. The molecule has 0 radical (unpaired) electrons. The first kappa shape index (κ1) is 22.5. The minimum Gasteiger partial charge on any atom is -0.460 e. The lowest BCUT2D eigenvalue weighted by Gasteiger charge is -2.15. The molecule has 0 fully saturated rings. The summed E-state index contributed by atoms with van der Waals surface area (Å²) in [6, 6.07) is 5.90. The van der Waals surface area contributed by atoms with Crippen molar-refractivity contribution in [1.82, 2.24) is 29.5 Å². The number of H-pyrrole nitrogens is 1. The van der Waals surface area contributed by atoms with Crippen molar-refractivity contribution in [2.45, 2.75) is 32.3 Å². The summed E-state index contributed by atoms with van der Waals surface area (Å²) in [6.45, 7) is 0.329. The van der Waals surface area contributed by atoms with Crippen molar-refractivity contribution in [2.75, 3.05) is 6.61 Å². The number of aliphatic hydroxyl groups excluding tert-OH is 1. The largest absolute Gasteiger partial charge is 0.460 e. The molecule has 0 amide bonds. The molecule has 3 rings (SSSR count). The quantitative estimate of drug-likeness (QED) is 0.513. The molecule has 14 heteroatoms. The normalized spacial score (nSPS) is 12.7. The molecular weight excluding hydrogens is 445 g/mol. The first-order valence-electron chi connectivity index (χ1n) is 8.87. The van der Waals surface area contributed by atoms with E-state index in [2.05, 4.69) is 20.3 Å². The lowest BCUT2D eigenvalue weighted by Crippen LogP contribution is -2.37. The van der Waals surface area contributed by atoms with E-state index in [9.17, 15) is 27.9 Å². The Morgan fingerprint density at radius 3 is 2.61 bits per heavy atom. The van der Waals surface area contributed by atoms with Gasteiger partial charge in [0.15, 0.2) is 11.9 Å². The molecule has 0 aliphatic carbocycles. The average molecular weight is 461 g/mol. The molecule has 2 heterocycles. The number of carbonyl (C=O) groups excluding carboxylic acids is 1. The molecule has 2 aromatic heterocycles. The molecule has 1 atom stereocenters. The zero-order valence-corrected chi connectivity index (χ0v) is 16.7. The maximum absolute atomic E-state index is 12.9. The number of hydrogen-bond donors (Lipinski definition) is 2. The predicted molar refractivity (Wildman–Crippen MR) is 100 cm³/mol. The summed E-state index contributed by atoms with van der Waals surface area (Å²) in [7, 11) is 0. The Morgan fingerprint density at radius 1 is 1.32 bits per heavy atom. The zero-order valence-electron chi connectivity index (χ0n) is 15.9. The van der Waals surface area contributed by atoms with E-state index in [4.69, 9.17) is 16.3 Å². The van der Waals surface area contributed by atoms with Crippen LogP contribution in [0.1, 0.15) is 23.4 Å². The van der Waals surface area contributed by atoms with Crippen LogP contribution in [0.3, 0.4) is 0 Å². The fourth-order valence-electron chi connectivity index (χ4n) is 2.59. The lowest BCUT2D eigenvalue weighted by molar-refractivity contribution is -0.207. The van der Waals surface area contributed by atoms with E-state index in [1.54, 1.807) is 6.92 Å². The van der Waals surface area contributed by atoms with Crippen molar-refractivity contribution in [3.8, 4) is 11.4 Å². The Balaban J connectivity index is 1.98. The Morgan fingerprint density at radius 2 is 2.00 bits per heavy atom. The molecular formula is C17H16ClF3N6O4. The van der Waals surface area contributed by atoms with Gasteiger partial charge in [-0.15, -0.1) is 10.2 Å². The Bertz CT molecular complexity index is 1120. The predicted octanol–water partition coefficient (Wildman–Crippen LogP) is 1.63. The van der Waals surface area contributed by atoms with Crippen LogP contribution in [0.15, 0.2) is 29.1 Å². The smallest absolute Gasteiger partial charge is 0.416 e. The van der Waals surface area contributed by atoms with Gasteiger partial charge in [0.1, 0.15) is 12.4 Å². The van der Waals surface area contributed by atoms with Crippen LogP contribution in [0, 0.1) is 0 Å². The molecule has 10 nitrogen and oxygen atoms in total. The highest BCUT2D eigenvalue weighted by Crippen LogP contribution is 2.24. The van der Waals surface area contributed by atoms with Gasteiger partial charge in [-0.25, -0.2) is 19.3 Å². The topological polar surface area (TPSA) is 128 Å². The summed E-state index contributed by atoms with van der Waals surface area (Å²) in [6.07, 6.45) is -7.72. The SMILES string of the molecule is CCOC(=O)c1n[nH]c(Cn2nc(-c3ccc(Cl)cc3)n(C[C@H](O)C(F)(F)F)c2=O)n1. The number of nitrogens with zero attached hydrogens (tertiary/aromatic N) is 5. The highest BCUT2D eigenvalue weighted by Gasteiger charge is 2.39. The summed E-state index contributed by atoms with van der Waals surface area (Å²) >= 11 is 5.84. The number of aliphatic hydroxyl groups is 1. The van der Waals surface area contributed by atoms with E-state index in [0.717, 1.165) is 4.68 Å². The van der Waals surface area contributed by atoms with Gasteiger partial charge in [-0.1, -0.05) is 11.6 Å². The van der Waals surface area contributed by atoms with E-state index in [1.165, 1.54) is 24.3 Å². The standard InChI is InChI=1S/C17H16ClF3N6O4/c1-2-31-15(29)13-22-12(23-24-13)8-27-16(30)26(7-11(28)17(19,20)21)14(25-27)9-3-5-10(18)6-4-9/h3-6,11,28H,2,7-8H2,1H3,(H,22,23,24)/t11-/m0/s1. The third kappa shape index (κ3) is 5.11. The molecule has 0 bridgehead atoms. The first-order chi connectivity index (χ1) is 14.6. The van der Waals surface area contributed by atoms with Crippen LogP contribution in [0.2, 0.25) is 5.02 Å². The fraction of sp³-hybridized carbons (Fsp3) is 0.353. The third-order valence-electron chi connectivity index (χ3n) is 4.05. The monoisotopic (exact) mass is 460 g/mol. The van der Waals surface area contributed by atoms with Crippen LogP contribution in [0.25, 0.3) is 11.4 Å². The second-order valence-corrected chi connectivity index (χ2v) is 6.70. The second kappa shape index (κ2) is 8.89. The number of esters is 1. The molecule has 0 spiro atoms. The van der Waals surface area contributed by atoms with Crippen LogP contribution in [0.4, 0.5) is 13.2 Å². The number of alkyl halides is 3. The molecule has 166 valence electrons. The van der Waals surface area contributed by atoms with Crippen LogP contribution in [-0.2, 0) is 17.8 Å². The fourth-order valence-corrected chi connectivity index (χ4v) is 2.72. The van der Waals surface area contributed by atoms with Gasteiger partial charge in [0.05, 0.1) is 13.2 Å². The van der Waals surface area contributed by atoms with Crippen LogP contribution in [-0.4, -0.2) is 59.5 Å². The number of benzene rings is 1. The zero-order chi connectivity index (χ0) is 22.8. The van der Waals surface area contributed by atoms with Crippen LogP contribution in [0.5, 0.6) is 0 Å². The number of carbonyl (C=O) groups is 1. The van der Waals surface area contributed by atoms with Gasteiger partial charge >= 0.3 is 17.8 Å². The number of rotatable bonds is 7. The van der Waals surface area contributed by atoms with E-state index in [-0.39, 0.29) is 30.6 Å². The van der Waals surface area contributed by atoms with Crippen molar-refractivity contribution < 1.29 is 27.8 Å². The molecule has 0 saturated heterocycles. The number of ether oxygens (including phenoxy) is 1. The molecule has 0 unspecified atom stereocenters. The van der Waals surface area contributed by atoms with Crippen molar-refractivity contribution >= 4 is 17.6 Å². The van der Waals surface area contributed by atoms with Gasteiger partial charge in [0, 0.05) is 10.6 Å². The van der Waals surface area contributed by atoms with Crippen molar-refractivity contribution in [1.29, 1.82) is 0 Å². The van der Waals surface area contributed by atoms with Crippen LogP contribution >= 0.6 is 11.6 Å². The Kier molecular flexibility index (Phi) is 6.45. The molecule has 2 N–H and O–H groups in total. The van der Waals surface area contributed by atoms with E-state index >= 15 is 0 Å². The summed E-state index contributed by atoms with van der Waals surface area (Å²) in [5.74, 6) is -1.11. The summed E-state index contributed by atoms with van der Waals surface area (Å²) < 4.78 is 44.9. The molecule has 1 aromatic carbocycles. The highest BCUT2D eigenvalue weighted by molar-refractivity contribution is 6.30. The Hall–Kier alpha value is -3.19. The molecule has 0 aliphatic heterocycles. The molecule has 3 aromatic rings. The van der Waals surface area contributed by atoms with Gasteiger partial charge < -0.3 is 9.84 Å². The number of halogens is 4. The Labute approximate surface area is 177 Å². The lowest BCUT2D eigenvalue weighted by atomic mass is 10.2. The number of nitrogens with one attached hydrogen (secondary N) is 1. The first-order valence-corrected chi connectivity index (χ1v) is 9.24. The third-order valence-corrected chi connectivity index (χ3v) is 4.30. The van der Waals surface area contributed by atoms with Gasteiger partial charge in [-0.2, -0.15) is 13.2 Å². The maximum atomic E-state index is 12.9. The van der Waals surface area contributed by atoms with Crippen LogP contribution < -0.4 is 5.69 Å². The number of aromatic nitrogens is 6. The summed E-state index contributed by atoms with van der Waals surface area (Å²) in [5, 5.41) is 20.0. The summed E-state index contributed by atoms with van der Waals surface area (Å²) in [5.41, 5.74) is -0.623. The van der Waals surface area contributed by atoms with Gasteiger partial charge in [0.25, 0.3) is 5.82 Å². The van der Waals surface area contributed by atoms with E-state index < -0.39 is 30.5 Å². The van der Waals surface area contributed by atoms with Crippen molar-refractivity contribution in [2.24, 2.45) is 0 Å². The van der Waals surface area contributed by atoms with E-state index in [1.807, 2.05) is 0 Å². The number of hydrogen-bond acceptors (Lipinski definition) is 7. The van der Waals surface area contributed by atoms with Crippen molar-refractivity contribution in [3.05, 3.63) is 51.4 Å². The van der Waals surface area contributed by atoms with Gasteiger partial charge in [0.2, 0.25) is 0 Å². The highest BCUT2D eigenvalue weighted by atomic mass is 35.5. The average Bonchev–Trinajstić information content (AvgIpc) is 3.29. The second-order valence-electron chi connectivity index (χ2n) is 6.26. The van der Waals surface area contributed by atoms with Gasteiger partial charge in [-0.05, 0) is 31.2 Å². The minimum atomic E-state index is -4.93. The summed E-state index contributed by atoms with van der Waals surface area (Å²) in [4.78, 5) is 28.3. The minimum absolute atomic E-state index is 0.0498. The van der Waals surface area contributed by atoms with Gasteiger partial charge in [-0.3, -0.25) is 9.67 Å². The molecule has 0 saturated carbocycles. The number of aromatic amines is 1. The molecule has 31 heavy (non-hydrogen) atoms. The van der Waals surface area contributed by atoms with Crippen molar-refractivity contribution in [3.63, 3.8) is 0 Å². The maximum Gasteiger partial charge on any atom is 0.416 e.